The van der Waals surface area contributed by atoms with Gasteiger partial charge >= 0.3 is 5.76 Å². The van der Waals surface area contributed by atoms with Crippen LogP contribution in [0, 0.1) is 5.92 Å². The Hall–Kier alpha value is -1.21. The minimum Gasteiger partial charge on any atom is -0.394 e. The summed E-state index contributed by atoms with van der Waals surface area (Å²) in [6.45, 7) is 2.36. The summed E-state index contributed by atoms with van der Waals surface area (Å²) in [7, 11) is -4.65. The normalized spacial score (nSPS) is 23.6. The Labute approximate surface area is 116 Å². The Kier molecular flexibility index (Phi) is 4.29. The minimum atomic E-state index is -4.65. The van der Waals surface area contributed by atoms with E-state index in [1.807, 2.05) is 6.92 Å². The van der Waals surface area contributed by atoms with Crippen molar-refractivity contribution in [2.45, 2.75) is 30.0 Å². The largest absolute Gasteiger partial charge is 0.394 e. The number of hydrogen-bond donors (Lipinski definition) is 1. The van der Waals surface area contributed by atoms with Crippen LogP contribution in [0.25, 0.3) is 0 Å². The fourth-order valence-corrected chi connectivity index (χ4v) is 3.55. The number of hydrogen-bond acceptors (Lipinski definition) is 4. The van der Waals surface area contributed by atoms with Gasteiger partial charge in [0.25, 0.3) is 0 Å². The van der Waals surface area contributed by atoms with E-state index in [4.69, 9.17) is 0 Å². The molecule has 1 aromatic carbocycles. The van der Waals surface area contributed by atoms with Gasteiger partial charge in [-0.2, -0.15) is 8.78 Å². The van der Waals surface area contributed by atoms with E-state index in [9.17, 15) is 22.3 Å². The van der Waals surface area contributed by atoms with Crippen LogP contribution in [0.4, 0.5) is 14.5 Å². The van der Waals surface area contributed by atoms with Crippen molar-refractivity contribution in [3.63, 3.8) is 0 Å². The van der Waals surface area contributed by atoms with Gasteiger partial charge in [0.05, 0.1) is 23.2 Å². The first kappa shape index (κ1) is 15.2. The summed E-state index contributed by atoms with van der Waals surface area (Å²) >= 11 is 0. The Bertz CT molecular complexity index is 577. The summed E-state index contributed by atoms with van der Waals surface area (Å²) < 4.78 is 49.0. The number of halogens is 2. The highest BCUT2D eigenvalue weighted by Crippen LogP contribution is 2.35. The maximum absolute atomic E-state index is 12.8. The molecule has 2 unspecified atom stereocenters. The highest BCUT2D eigenvalue weighted by atomic mass is 32.2. The maximum atomic E-state index is 12.8. The highest BCUT2D eigenvalue weighted by Gasteiger charge is 2.36. The van der Waals surface area contributed by atoms with Gasteiger partial charge in [-0.25, -0.2) is 8.42 Å². The van der Waals surface area contributed by atoms with Crippen molar-refractivity contribution >= 4 is 15.5 Å². The Balaban J connectivity index is 2.49. The topological polar surface area (TPSA) is 57.6 Å². The quantitative estimate of drug-likeness (QED) is 0.923. The third kappa shape index (κ3) is 2.52. The first-order valence-corrected chi connectivity index (χ1v) is 7.92. The predicted octanol–water partition coefficient (Wildman–Crippen LogP) is 1.89. The van der Waals surface area contributed by atoms with Gasteiger partial charge in [0.2, 0.25) is 9.84 Å². The van der Waals surface area contributed by atoms with Gasteiger partial charge in [-0.05, 0) is 24.5 Å². The average Bonchev–Trinajstić information content (AvgIpc) is 2.79. The molecule has 1 fully saturated rings. The molecule has 0 bridgehead atoms. The van der Waals surface area contributed by atoms with Gasteiger partial charge in [-0.15, -0.1) is 0 Å². The number of aliphatic hydroxyl groups is 1. The molecule has 7 heteroatoms. The van der Waals surface area contributed by atoms with Crippen LogP contribution in [-0.4, -0.2) is 38.5 Å². The molecular formula is C13H17F2NO3S. The van der Waals surface area contributed by atoms with Gasteiger partial charge < -0.3 is 10.0 Å². The molecule has 0 spiro atoms. The van der Waals surface area contributed by atoms with Crippen LogP contribution < -0.4 is 4.90 Å². The van der Waals surface area contributed by atoms with E-state index in [-0.39, 0.29) is 29.1 Å². The van der Waals surface area contributed by atoms with Crippen LogP contribution in [0.2, 0.25) is 0 Å². The van der Waals surface area contributed by atoms with E-state index < -0.39 is 15.6 Å². The zero-order chi connectivity index (χ0) is 14.9. The fourth-order valence-electron chi connectivity index (χ4n) is 2.62. The number of sulfone groups is 1. The summed E-state index contributed by atoms with van der Waals surface area (Å²) in [5, 5.41) is 9.43. The van der Waals surface area contributed by atoms with E-state index in [1.54, 1.807) is 11.0 Å². The van der Waals surface area contributed by atoms with Gasteiger partial charge in [0.15, 0.2) is 0 Å². The van der Waals surface area contributed by atoms with Gasteiger partial charge in [0.1, 0.15) is 0 Å². The lowest BCUT2D eigenvalue weighted by Gasteiger charge is -2.29. The third-order valence-electron chi connectivity index (χ3n) is 3.79. The number of aliphatic hydroxyl groups excluding tert-OH is 1. The average molecular weight is 305 g/mol. The van der Waals surface area contributed by atoms with Crippen molar-refractivity contribution in [2.75, 3.05) is 18.1 Å². The van der Waals surface area contributed by atoms with E-state index >= 15 is 0 Å². The second-order valence-corrected chi connectivity index (χ2v) is 6.87. The van der Waals surface area contributed by atoms with Crippen LogP contribution in [0.5, 0.6) is 0 Å². The molecule has 2 atom stereocenters. The first-order chi connectivity index (χ1) is 9.39. The van der Waals surface area contributed by atoms with E-state index in [0.29, 0.717) is 6.54 Å². The molecule has 20 heavy (non-hydrogen) atoms. The van der Waals surface area contributed by atoms with Crippen molar-refractivity contribution < 1.29 is 22.3 Å². The molecule has 0 saturated carbocycles. The van der Waals surface area contributed by atoms with Crippen LogP contribution in [0.3, 0.4) is 0 Å². The van der Waals surface area contributed by atoms with Crippen LogP contribution >= 0.6 is 0 Å². The van der Waals surface area contributed by atoms with Crippen molar-refractivity contribution in [2.24, 2.45) is 5.92 Å². The summed E-state index contributed by atoms with van der Waals surface area (Å²) in [5.41, 5.74) is 0.246. The molecule has 4 nitrogen and oxygen atoms in total. The van der Waals surface area contributed by atoms with E-state index in [2.05, 4.69) is 0 Å². The second kappa shape index (κ2) is 5.65. The number of para-hydroxylation sites is 1. The summed E-state index contributed by atoms with van der Waals surface area (Å²) in [6.07, 6.45) is 0.786. The zero-order valence-electron chi connectivity index (χ0n) is 11.0. The molecule has 1 aliphatic heterocycles. The maximum Gasteiger partial charge on any atom is 0.341 e. The predicted molar refractivity (Wildman–Crippen MR) is 71.6 cm³/mol. The molecule has 1 heterocycles. The number of rotatable bonds is 4. The van der Waals surface area contributed by atoms with Crippen LogP contribution in [0.15, 0.2) is 29.2 Å². The van der Waals surface area contributed by atoms with Crippen molar-refractivity contribution in [3.8, 4) is 0 Å². The minimum absolute atomic E-state index is 0.135. The molecule has 0 aromatic heterocycles. The molecule has 1 aromatic rings. The van der Waals surface area contributed by atoms with Crippen molar-refractivity contribution in [1.82, 2.24) is 0 Å². The molecular weight excluding hydrogens is 288 g/mol. The molecule has 1 aliphatic rings. The summed E-state index contributed by atoms with van der Waals surface area (Å²) in [4.78, 5) is 1.34. The van der Waals surface area contributed by atoms with Gasteiger partial charge in [-0.1, -0.05) is 19.1 Å². The SMILES string of the molecule is CC1CCN(c2ccccc2S(=O)(=O)C(F)F)C1CO. The Morgan fingerprint density at radius 2 is 2.05 bits per heavy atom. The number of nitrogens with zero attached hydrogens (tertiary/aromatic N) is 1. The standard InChI is InChI=1S/C13H17F2NO3S/c1-9-6-7-16(11(9)8-17)10-4-2-3-5-12(10)20(18,19)13(14)15/h2-5,9,11,13,17H,6-8H2,1H3. The van der Waals surface area contributed by atoms with Crippen molar-refractivity contribution in [3.05, 3.63) is 24.3 Å². The molecule has 0 radical (unpaired) electrons. The smallest absolute Gasteiger partial charge is 0.341 e. The molecule has 0 aliphatic carbocycles. The first-order valence-electron chi connectivity index (χ1n) is 6.38. The van der Waals surface area contributed by atoms with Crippen LogP contribution in [-0.2, 0) is 9.84 Å². The van der Waals surface area contributed by atoms with Crippen LogP contribution in [0.1, 0.15) is 13.3 Å². The van der Waals surface area contributed by atoms with Gasteiger partial charge in [-0.3, -0.25) is 0 Å². The third-order valence-corrected chi connectivity index (χ3v) is 5.21. The lowest BCUT2D eigenvalue weighted by molar-refractivity contribution is 0.234. The second-order valence-electron chi connectivity index (χ2n) is 4.98. The number of benzene rings is 1. The zero-order valence-corrected chi connectivity index (χ0v) is 11.9. The van der Waals surface area contributed by atoms with Crippen molar-refractivity contribution in [1.29, 1.82) is 0 Å². The van der Waals surface area contributed by atoms with E-state index in [0.717, 1.165) is 6.42 Å². The highest BCUT2D eigenvalue weighted by molar-refractivity contribution is 7.91. The lowest BCUT2D eigenvalue weighted by atomic mass is 10.0. The molecule has 1 N–H and O–H groups in total. The van der Waals surface area contributed by atoms with E-state index in [1.165, 1.54) is 18.2 Å². The molecule has 0 amide bonds. The number of anilines is 1. The monoisotopic (exact) mass is 305 g/mol. The molecule has 2 rings (SSSR count). The number of alkyl halides is 2. The summed E-state index contributed by atoms with van der Waals surface area (Å²) in [5.74, 6) is -3.27. The fraction of sp³-hybridized carbons (Fsp3) is 0.538. The Morgan fingerprint density at radius 1 is 1.40 bits per heavy atom. The summed E-state index contributed by atoms with van der Waals surface area (Å²) in [6, 6.07) is 5.48. The van der Waals surface area contributed by atoms with Gasteiger partial charge in [0, 0.05) is 6.54 Å². The molecule has 1 saturated heterocycles. The molecule has 112 valence electrons. The lowest BCUT2D eigenvalue weighted by Crippen LogP contribution is -2.36. The Morgan fingerprint density at radius 3 is 2.65 bits per heavy atom.